The van der Waals surface area contributed by atoms with Gasteiger partial charge in [0.15, 0.2) is 11.6 Å². The minimum Gasteiger partial charge on any atom is -0.432 e. The van der Waals surface area contributed by atoms with E-state index in [0.29, 0.717) is 27.2 Å². The van der Waals surface area contributed by atoms with Gasteiger partial charge in [-0.3, -0.25) is 4.98 Å². The third-order valence-corrected chi connectivity index (χ3v) is 4.95. The number of nitrogens with zero attached hydrogens (tertiary/aromatic N) is 8. The average Bonchev–Trinajstić information content (AvgIpc) is 3.26. The number of alkyl halides is 2. The van der Waals surface area contributed by atoms with E-state index >= 15 is 0 Å². The molecule has 1 unspecified atom stereocenters. The highest BCUT2D eigenvalue weighted by Crippen LogP contribution is 2.36. The Bertz CT molecular complexity index is 1170. The van der Waals surface area contributed by atoms with Crippen molar-refractivity contribution in [2.75, 3.05) is 11.9 Å². The molecule has 0 radical (unpaired) electrons. The number of halogens is 3. The van der Waals surface area contributed by atoms with Gasteiger partial charge in [-0.1, -0.05) is 15.9 Å². The van der Waals surface area contributed by atoms with Crippen molar-refractivity contribution in [1.82, 2.24) is 34.9 Å². The van der Waals surface area contributed by atoms with Gasteiger partial charge in [-0.25, -0.2) is 15.0 Å². The lowest BCUT2D eigenvalue weighted by Crippen LogP contribution is -2.26. The Morgan fingerprint density at radius 2 is 1.77 bits per heavy atom. The standard InChI is InChI=1S/C18H15BrF2N8O/c1-10(14-17(23-4-3-22-14)29-26-5-6-27-29)28(2)16-12-7-11(19)8-13(30-18(20)21)15(12)24-9-25-16/h3-10,18H,1-2H3. The molecule has 9 nitrogen and oxygen atoms in total. The van der Waals surface area contributed by atoms with E-state index in [2.05, 4.69) is 50.8 Å². The minimum absolute atomic E-state index is 0.0417. The van der Waals surface area contributed by atoms with Gasteiger partial charge in [0.1, 0.15) is 23.4 Å². The first-order valence-electron chi connectivity index (χ1n) is 8.75. The SMILES string of the molecule is CC(c1nccnc1-n1nccn1)N(C)c1ncnc2c(OC(F)F)cc(Br)cc12. The molecule has 12 heteroatoms. The van der Waals surface area contributed by atoms with E-state index in [1.54, 1.807) is 30.9 Å². The molecule has 3 heterocycles. The first-order valence-corrected chi connectivity index (χ1v) is 9.54. The molecule has 0 spiro atoms. The normalized spacial score (nSPS) is 12.3. The molecule has 1 atom stereocenters. The van der Waals surface area contributed by atoms with Crippen LogP contribution in [0.2, 0.25) is 0 Å². The van der Waals surface area contributed by atoms with Crippen LogP contribution in [-0.4, -0.2) is 48.6 Å². The number of fused-ring (bicyclic) bond motifs is 1. The molecule has 4 rings (SSSR count). The van der Waals surface area contributed by atoms with Crippen molar-refractivity contribution in [2.24, 2.45) is 0 Å². The maximum atomic E-state index is 12.8. The second kappa shape index (κ2) is 8.22. The van der Waals surface area contributed by atoms with Crippen LogP contribution in [0.3, 0.4) is 0 Å². The molecular weight excluding hydrogens is 462 g/mol. The van der Waals surface area contributed by atoms with Crippen LogP contribution < -0.4 is 9.64 Å². The number of anilines is 1. The van der Waals surface area contributed by atoms with Gasteiger partial charge < -0.3 is 9.64 Å². The molecule has 154 valence electrons. The fourth-order valence-electron chi connectivity index (χ4n) is 3.04. The van der Waals surface area contributed by atoms with Crippen LogP contribution in [0.4, 0.5) is 14.6 Å². The smallest absolute Gasteiger partial charge is 0.387 e. The zero-order chi connectivity index (χ0) is 21.3. The second-order valence-corrected chi connectivity index (χ2v) is 7.16. The maximum absolute atomic E-state index is 12.8. The van der Waals surface area contributed by atoms with Crippen LogP contribution in [-0.2, 0) is 0 Å². The summed E-state index contributed by atoms with van der Waals surface area (Å²) in [6.45, 7) is -1.05. The Morgan fingerprint density at radius 3 is 2.50 bits per heavy atom. The molecule has 0 N–H and O–H groups in total. The van der Waals surface area contributed by atoms with Gasteiger partial charge in [0, 0.05) is 29.3 Å². The van der Waals surface area contributed by atoms with E-state index in [1.807, 2.05) is 18.9 Å². The van der Waals surface area contributed by atoms with Gasteiger partial charge in [-0.05, 0) is 19.1 Å². The summed E-state index contributed by atoms with van der Waals surface area (Å²) in [6, 6.07) is 2.88. The lowest BCUT2D eigenvalue weighted by atomic mass is 10.1. The molecule has 0 saturated heterocycles. The van der Waals surface area contributed by atoms with E-state index in [-0.39, 0.29) is 17.3 Å². The highest BCUT2D eigenvalue weighted by atomic mass is 79.9. The summed E-state index contributed by atoms with van der Waals surface area (Å²) < 4.78 is 30.9. The summed E-state index contributed by atoms with van der Waals surface area (Å²) in [4.78, 5) is 20.5. The number of hydrogen-bond donors (Lipinski definition) is 0. The molecular formula is C18H15BrF2N8O. The van der Waals surface area contributed by atoms with Crippen LogP contribution in [0.1, 0.15) is 18.7 Å². The van der Waals surface area contributed by atoms with Crippen LogP contribution in [0, 0.1) is 0 Å². The van der Waals surface area contributed by atoms with Crippen LogP contribution >= 0.6 is 15.9 Å². The van der Waals surface area contributed by atoms with Gasteiger partial charge in [-0.15, -0.1) is 4.80 Å². The average molecular weight is 477 g/mol. The molecule has 0 aliphatic carbocycles. The second-order valence-electron chi connectivity index (χ2n) is 6.25. The number of ether oxygens (including phenoxy) is 1. The Kier molecular flexibility index (Phi) is 5.48. The fourth-order valence-corrected chi connectivity index (χ4v) is 3.47. The predicted molar refractivity (Wildman–Crippen MR) is 108 cm³/mol. The highest BCUT2D eigenvalue weighted by molar-refractivity contribution is 9.10. The van der Waals surface area contributed by atoms with E-state index in [9.17, 15) is 8.78 Å². The summed E-state index contributed by atoms with van der Waals surface area (Å²) >= 11 is 3.34. The molecule has 1 aromatic carbocycles. The van der Waals surface area contributed by atoms with Crippen molar-refractivity contribution in [3.8, 4) is 11.6 Å². The van der Waals surface area contributed by atoms with Crippen molar-refractivity contribution in [3.63, 3.8) is 0 Å². The lowest BCUT2D eigenvalue weighted by Gasteiger charge is -2.27. The Morgan fingerprint density at radius 1 is 1.03 bits per heavy atom. The monoisotopic (exact) mass is 476 g/mol. The summed E-state index contributed by atoms with van der Waals surface area (Å²) in [7, 11) is 1.82. The number of aromatic nitrogens is 7. The Balaban J connectivity index is 1.79. The maximum Gasteiger partial charge on any atom is 0.387 e. The zero-order valence-corrected chi connectivity index (χ0v) is 17.4. The van der Waals surface area contributed by atoms with E-state index < -0.39 is 6.61 Å². The largest absolute Gasteiger partial charge is 0.432 e. The highest BCUT2D eigenvalue weighted by Gasteiger charge is 2.23. The summed E-state index contributed by atoms with van der Waals surface area (Å²) in [5, 5.41) is 8.80. The third-order valence-electron chi connectivity index (χ3n) is 4.49. The van der Waals surface area contributed by atoms with Crippen LogP contribution in [0.25, 0.3) is 16.7 Å². The van der Waals surface area contributed by atoms with Crippen molar-refractivity contribution < 1.29 is 13.5 Å². The van der Waals surface area contributed by atoms with Crippen LogP contribution in [0.5, 0.6) is 5.75 Å². The molecule has 0 fully saturated rings. The van der Waals surface area contributed by atoms with Crippen LogP contribution in [0.15, 0.2) is 47.7 Å². The van der Waals surface area contributed by atoms with Gasteiger partial charge >= 0.3 is 6.61 Å². The molecule has 3 aromatic heterocycles. The van der Waals surface area contributed by atoms with Crippen molar-refractivity contribution in [3.05, 3.63) is 53.4 Å². The number of rotatable bonds is 6. The van der Waals surface area contributed by atoms with Crippen molar-refractivity contribution in [1.29, 1.82) is 0 Å². The number of benzene rings is 1. The molecule has 0 amide bonds. The van der Waals surface area contributed by atoms with Gasteiger partial charge in [-0.2, -0.15) is 19.0 Å². The predicted octanol–water partition coefficient (Wildman–Crippen LogP) is 3.56. The summed E-state index contributed by atoms with van der Waals surface area (Å²) in [5.41, 5.74) is 0.887. The minimum atomic E-state index is -2.97. The molecule has 0 saturated carbocycles. The fraction of sp³-hybridized carbons (Fsp3) is 0.222. The lowest BCUT2D eigenvalue weighted by molar-refractivity contribution is -0.0489. The third kappa shape index (κ3) is 3.77. The summed E-state index contributed by atoms with van der Waals surface area (Å²) in [6.07, 6.45) is 7.54. The first-order chi connectivity index (χ1) is 14.5. The van der Waals surface area contributed by atoms with E-state index in [4.69, 9.17) is 0 Å². The Labute approximate surface area is 177 Å². The topological polar surface area (TPSA) is 94.7 Å². The van der Waals surface area contributed by atoms with E-state index in [1.165, 1.54) is 17.2 Å². The van der Waals surface area contributed by atoms with Crippen molar-refractivity contribution >= 4 is 32.7 Å². The molecule has 4 aromatic rings. The first kappa shape index (κ1) is 20.0. The summed E-state index contributed by atoms with van der Waals surface area (Å²) in [5.74, 6) is 0.945. The number of hydrogen-bond acceptors (Lipinski definition) is 8. The quantitative estimate of drug-likeness (QED) is 0.416. The molecule has 30 heavy (non-hydrogen) atoms. The molecule has 0 bridgehead atoms. The van der Waals surface area contributed by atoms with E-state index in [0.717, 1.165) is 0 Å². The zero-order valence-electron chi connectivity index (χ0n) is 15.8. The van der Waals surface area contributed by atoms with Gasteiger partial charge in [0.2, 0.25) is 0 Å². The Hall–Kier alpha value is -3.28. The van der Waals surface area contributed by atoms with Gasteiger partial charge in [0.05, 0.1) is 18.4 Å². The molecule has 0 aliphatic heterocycles. The van der Waals surface area contributed by atoms with Gasteiger partial charge in [0.25, 0.3) is 0 Å². The van der Waals surface area contributed by atoms with Crippen molar-refractivity contribution in [2.45, 2.75) is 19.6 Å². The molecule has 0 aliphatic rings.